The Morgan fingerprint density at radius 1 is 1.15 bits per heavy atom. The highest BCUT2D eigenvalue weighted by molar-refractivity contribution is 6.39. The quantitative estimate of drug-likeness (QED) is 0.624. The molecule has 34 heavy (non-hydrogen) atoms. The Bertz CT molecular complexity index is 1280. The number of rotatable bonds is 4. The summed E-state index contributed by atoms with van der Waals surface area (Å²) >= 11 is 0. The zero-order valence-electron chi connectivity index (χ0n) is 18.4. The third-order valence-electron chi connectivity index (χ3n) is 5.64. The van der Waals surface area contributed by atoms with Gasteiger partial charge in [0.15, 0.2) is 5.76 Å². The molecule has 2 aromatic heterocycles. The zero-order chi connectivity index (χ0) is 23.7. The van der Waals surface area contributed by atoms with E-state index in [1.54, 1.807) is 17.0 Å². The van der Waals surface area contributed by atoms with E-state index in [-0.39, 0.29) is 35.8 Å². The number of amides is 2. The smallest absolute Gasteiger partial charge is 0.290 e. The van der Waals surface area contributed by atoms with Gasteiger partial charge in [-0.2, -0.15) is 10.2 Å². The van der Waals surface area contributed by atoms with Gasteiger partial charge in [0.25, 0.3) is 17.7 Å². The standard InChI is InChI=1S/C23H21N7O4/c1-15-4-6-16(7-5-15)30-19(31)14-25-20(27-30)22(32)28-8-10-29(11-9-28)23-17(13-24)26-21(34-23)18-3-2-12-33-18/h2-7,12H,8-11,14H2,1H3,(H,25,27). The van der Waals surface area contributed by atoms with Gasteiger partial charge in [-0.15, -0.1) is 0 Å². The number of benzene rings is 1. The summed E-state index contributed by atoms with van der Waals surface area (Å²) in [6.45, 7) is 3.52. The SMILES string of the molecule is Cc1ccc(N2NC(C(=O)N3CCN(c4oc(-c5ccco5)nc4C#N)CC3)=NCC2=O)cc1. The van der Waals surface area contributed by atoms with Crippen molar-refractivity contribution in [3.63, 3.8) is 0 Å². The number of piperazine rings is 1. The summed E-state index contributed by atoms with van der Waals surface area (Å²) in [5.74, 6) is 0.601. The highest BCUT2D eigenvalue weighted by Crippen LogP contribution is 2.29. The van der Waals surface area contributed by atoms with Crippen LogP contribution in [0.3, 0.4) is 0 Å². The average molecular weight is 459 g/mol. The predicted octanol–water partition coefficient (Wildman–Crippen LogP) is 1.71. The number of nitriles is 1. The third kappa shape index (κ3) is 3.97. The van der Waals surface area contributed by atoms with Crippen LogP contribution >= 0.6 is 0 Å². The lowest BCUT2D eigenvalue weighted by atomic mass is 10.2. The van der Waals surface area contributed by atoms with Crippen molar-refractivity contribution in [3.05, 3.63) is 53.9 Å². The second-order valence-corrected chi connectivity index (χ2v) is 7.88. The van der Waals surface area contributed by atoms with E-state index >= 15 is 0 Å². The molecule has 1 fully saturated rings. The molecule has 2 aliphatic rings. The molecule has 1 aromatic carbocycles. The van der Waals surface area contributed by atoms with Gasteiger partial charge in [0.05, 0.1) is 12.0 Å². The first kappa shape index (κ1) is 21.3. The Kier molecular flexibility index (Phi) is 5.47. The van der Waals surface area contributed by atoms with Gasteiger partial charge < -0.3 is 18.6 Å². The second-order valence-electron chi connectivity index (χ2n) is 7.88. The first-order valence-electron chi connectivity index (χ1n) is 10.7. The molecule has 0 atom stereocenters. The fourth-order valence-electron chi connectivity index (χ4n) is 3.81. The molecule has 3 aromatic rings. The summed E-state index contributed by atoms with van der Waals surface area (Å²) in [4.78, 5) is 37.3. The molecule has 0 bridgehead atoms. The number of furan rings is 1. The van der Waals surface area contributed by atoms with Crippen LogP contribution in [0.2, 0.25) is 0 Å². The lowest BCUT2D eigenvalue weighted by Crippen LogP contribution is -2.58. The summed E-state index contributed by atoms with van der Waals surface area (Å²) < 4.78 is 11.1. The molecule has 5 rings (SSSR count). The van der Waals surface area contributed by atoms with Crippen LogP contribution in [0.15, 0.2) is 56.5 Å². The molecule has 0 unspecified atom stereocenters. The summed E-state index contributed by atoms with van der Waals surface area (Å²) in [6, 6.07) is 12.9. The number of carbonyl (C=O) groups is 2. The van der Waals surface area contributed by atoms with E-state index in [4.69, 9.17) is 8.83 Å². The molecule has 172 valence electrons. The number of aromatic nitrogens is 1. The first-order chi connectivity index (χ1) is 16.5. The summed E-state index contributed by atoms with van der Waals surface area (Å²) in [6.07, 6.45) is 1.51. The Morgan fingerprint density at radius 2 is 1.91 bits per heavy atom. The number of carbonyl (C=O) groups excluding carboxylic acids is 2. The number of nitrogens with zero attached hydrogens (tertiary/aromatic N) is 6. The fourth-order valence-corrected chi connectivity index (χ4v) is 3.81. The highest BCUT2D eigenvalue weighted by Gasteiger charge is 2.32. The third-order valence-corrected chi connectivity index (χ3v) is 5.64. The number of anilines is 2. The molecule has 2 aliphatic heterocycles. The number of nitrogens with one attached hydrogen (secondary N) is 1. The Hall–Kier alpha value is -4.59. The number of amidine groups is 1. The van der Waals surface area contributed by atoms with Crippen LogP contribution in [-0.2, 0) is 9.59 Å². The summed E-state index contributed by atoms with van der Waals surface area (Å²) in [5.41, 5.74) is 4.74. The van der Waals surface area contributed by atoms with Gasteiger partial charge in [-0.25, -0.2) is 5.01 Å². The van der Waals surface area contributed by atoms with Crippen LogP contribution < -0.4 is 15.3 Å². The molecule has 11 nitrogen and oxygen atoms in total. The number of hydrogen-bond donors (Lipinski definition) is 1. The van der Waals surface area contributed by atoms with Crippen LogP contribution in [0, 0.1) is 18.3 Å². The van der Waals surface area contributed by atoms with E-state index < -0.39 is 0 Å². The highest BCUT2D eigenvalue weighted by atomic mass is 16.4. The minimum absolute atomic E-state index is 0.110. The van der Waals surface area contributed by atoms with Crippen LogP contribution in [0.5, 0.6) is 0 Å². The van der Waals surface area contributed by atoms with Crippen molar-refractivity contribution in [3.8, 4) is 17.7 Å². The van der Waals surface area contributed by atoms with Crippen LogP contribution in [0.25, 0.3) is 11.7 Å². The molecular formula is C23H21N7O4. The van der Waals surface area contributed by atoms with Crippen LogP contribution in [0.1, 0.15) is 11.3 Å². The van der Waals surface area contributed by atoms with E-state index in [0.29, 0.717) is 43.5 Å². The lowest BCUT2D eigenvalue weighted by molar-refractivity contribution is -0.124. The van der Waals surface area contributed by atoms with Gasteiger partial charge in [-0.3, -0.25) is 20.0 Å². The normalized spacial score (nSPS) is 16.2. The summed E-state index contributed by atoms with van der Waals surface area (Å²) in [5, 5.41) is 10.8. The van der Waals surface area contributed by atoms with Crippen molar-refractivity contribution >= 4 is 29.2 Å². The monoisotopic (exact) mass is 459 g/mol. The number of hydrogen-bond acceptors (Lipinski definition) is 9. The largest absolute Gasteiger partial charge is 0.459 e. The van der Waals surface area contributed by atoms with Gasteiger partial charge in [0.1, 0.15) is 12.6 Å². The minimum Gasteiger partial charge on any atom is -0.459 e. The van der Waals surface area contributed by atoms with Crippen molar-refractivity contribution in [1.29, 1.82) is 5.26 Å². The maximum Gasteiger partial charge on any atom is 0.290 e. The van der Waals surface area contributed by atoms with Crippen molar-refractivity contribution in [1.82, 2.24) is 15.3 Å². The van der Waals surface area contributed by atoms with E-state index in [1.165, 1.54) is 11.3 Å². The van der Waals surface area contributed by atoms with E-state index in [1.807, 2.05) is 36.1 Å². The first-order valence-corrected chi connectivity index (χ1v) is 10.7. The average Bonchev–Trinajstić information content (AvgIpc) is 3.55. The van der Waals surface area contributed by atoms with E-state index in [0.717, 1.165) is 5.56 Å². The molecule has 0 radical (unpaired) electrons. The molecule has 1 saturated heterocycles. The molecule has 0 saturated carbocycles. The van der Waals surface area contributed by atoms with E-state index in [9.17, 15) is 14.9 Å². The molecule has 0 aliphatic carbocycles. The lowest BCUT2D eigenvalue weighted by Gasteiger charge is -2.36. The van der Waals surface area contributed by atoms with Gasteiger partial charge in [-0.05, 0) is 31.2 Å². The fraction of sp³-hybridized carbons (Fsp3) is 0.261. The van der Waals surface area contributed by atoms with Crippen molar-refractivity contribution in [2.45, 2.75) is 6.92 Å². The van der Waals surface area contributed by atoms with Crippen molar-refractivity contribution in [2.24, 2.45) is 4.99 Å². The van der Waals surface area contributed by atoms with Crippen molar-refractivity contribution in [2.75, 3.05) is 42.6 Å². The minimum atomic E-state index is -0.293. The number of aryl methyl sites for hydroxylation is 1. The predicted molar refractivity (Wildman–Crippen MR) is 122 cm³/mol. The van der Waals surface area contributed by atoms with Gasteiger partial charge in [-0.1, -0.05) is 17.7 Å². The Labute approximate surface area is 194 Å². The second kappa shape index (κ2) is 8.74. The maximum absolute atomic E-state index is 13.1. The molecular weight excluding hydrogens is 438 g/mol. The Balaban J connectivity index is 1.25. The number of aliphatic imine (C=N–C) groups is 1. The number of hydrazine groups is 1. The molecule has 2 amide bonds. The maximum atomic E-state index is 13.1. The van der Waals surface area contributed by atoms with Gasteiger partial charge in [0, 0.05) is 26.2 Å². The van der Waals surface area contributed by atoms with Crippen molar-refractivity contribution < 1.29 is 18.4 Å². The topological polar surface area (TPSA) is 131 Å². The van der Waals surface area contributed by atoms with Crippen LogP contribution in [0.4, 0.5) is 11.6 Å². The van der Waals surface area contributed by atoms with Gasteiger partial charge in [0.2, 0.25) is 17.4 Å². The molecule has 11 heteroatoms. The Morgan fingerprint density at radius 3 is 2.59 bits per heavy atom. The van der Waals surface area contributed by atoms with E-state index in [2.05, 4.69) is 21.5 Å². The molecule has 1 N–H and O–H groups in total. The van der Waals surface area contributed by atoms with Gasteiger partial charge >= 0.3 is 0 Å². The molecule has 0 spiro atoms. The number of oxazole rings is 1. The molecule has 4 heterocycles. The van der Waals surface area contributed by atoms with Crippen LogP contribution in [-0.4, -0.2) is 60.3 Å². The zero-order valence-corrected chi connectivity index (χ0v) is 18.4. The summed E-state index contributed by atoms with van der Waals surface area (Å²) in [7, 11) is 0.